The summed E-state index contributed by atoms with van der Waals surface area (Å²) in [6.45, 7) is 0. The molecule has 2 aromatic rings. The summed E-state index contributed by atoms with van der Waals surface area (Å²) in [5.41, 5.74) is -1.35. The fourth-order valence-electron chi connectivity index (χ4n) is 4.32. The second-order valence-corrected chi connectivity index (χ2v) is 14.6. The van der Waals surface area contributed by atoms with Crippen molar-refractivity contribution in [1.29, 1.82) is 0 Å². The monoisotopic (exact) mass is 621 g/mol. The van der Waals surface area contributed by atoms with E-state index in [1.807, 2.05) is 0 Å². The zero-order valence-electron chi connectivity index (χ0n) is 20.5. The Bertz CT molecular complexity index is 1130. The molecule has 0 radical (unpaired) electrons. The van der Waals surface area contributed by atoms with E-state index in [-0.39, 0.29) is 24.4 Å². The molecule has 206 valence electrons. The second kappa shape index (κ2) is 12.7. The molecule has 1 N–H and O–H groups in total. The number of hydrogen-bond acceptors (Lipinski definition) is 2. The Morgan fingerprint density at radius 1 is 0.974 bits per heavy atom. The van der Waals surface area contributed by atoms with Crippen LogP contribution in [0, 0.1) is 0 Å². The Labute approximate surface area is 226 Å². The zero-order chi connectivity index (χ0) is 28.1. The molecule has 1 saturated carbocycles. The Kier molecular flexibility index (Phi) is 10.2. The van der Waals surface area contributed by atoms with Gasteiger partial charge in [-0.15, -0.1) is 0 Å². The summed E-state index contributed by atoms with van der Waals surface area (Å²) < 4.78 is 78.8. The molecule has 1 aliphatic rings. The van der Waals surface area contributed by atoms with Crippen molar-refractivity contribution < 1.29 is 35.9 Å². The van der Waals surface area contributed by atoms with E-state index in [4.69, 9.17) is 11.6 Å². The van der Waals surface area contributed by atoms with Crippen LogP contribution < -0.4 is 5.32 Å². The van der Waals surface area contributed by atoms with Crippen molar-refractivity contribution in [3.8, 4) is 0 Å². The van der Waals surface area contributed by atoms with Gasteiger partial charge in [-0.3, -0.25) is 0 Å². The molecule has 0 bridgehead atoms. The van der Waals surface area contributed by atoms with Gasteiger partial charge in [0.25, 0.3) is 0 Å². The van der Waals surface area contributed by atoms with Crippen molar-refractivity contribution in [3.63, 3.8) is 0 Å². The number of rotatable bonds is 8. The predicted molar refractivity (Wildman–Crippen MR) is 135 cm³/mol. The Morgan fingerprint density at radius 2 is 1.53 bits per heavy atom. The van der Waals surface area contributed by atoms with E-state index >= 15 is 0 Å². The van der Waals surface area contributed by atoms with Crippen LogP contribution in [0.5, 0.6) is 0 Å². The van der Waals surface area contributed by atoms with Crippen LogP contribution in [0.1, 0.15) is 59.2 Å². The van der Waals surface area contributed by atoms with Gasteiger partial charge in [0.1, 0.15) is 0 Å². The fourth-order valence-corrected chi connectivity index (χ4v) is 7.95. The van der Waals surface area contributed by atoms with Gasteiger partial charge < -0.3 is 0 Å². The van der Waals surface area contributed by atoms with E-state index in [1.54, 1.807) is 36.1 Å². The van der Waals surface area contributed by atoms with Crippen LogP contribution in [0.25, 0.3) is 0 Å². The van der Waals surface area contributed by atoms with Crippen LogP contribution in [0.15, 0.2) is 54.6 Å². The van der Waals surface area contributed by atoms with Gasteiger partial charge in [0.05, 0.1) is 0 Å². The normalized spacial score (nSPS) is 16.8. The van der Waals surface area contributed by atoms with Crippen molar-refractivity contribution in [2.24, 2.45) is 0 Å². The SMILES string of the molecule is C[As](C(=O)c1cc(C(F)(F)F)cc(C(F)(F)F)c1)[C@@H](C=CC(=O)NC1CCCCC1)Cc1ccc(Cl)cc1. The van der Waals surface area contributed by atoms with E-state index in [0.29, 0.717) is 17.2 Å². The number of carbonyl (C=O) groups is 2. The summed E-state index contributed by atoms with van der Waals surface area (Å²) in [6.07, 6.45) is -2.07. The standard InChI is InChI=1S/C27H27AsClF6NO2/c1-28(25(38)18-14-19(26(30,31)32)16-20(15-18)27(33,34)35)21(13-17-7-10-22(29)11-8-17)9-12-24(37)36-23-5-3-2-4-6-23/h7-12,14-16,21,23H,2-6,13H2,1H3,(H,36,37)/t21-,28?/m0/s1. The minimum atomic E-state index is -5.05. The third-order valence-corrected chi connectivity index (χ3v) is 11.4. The first kappa shape index (κ1) is 30.3. The number of benzene rings is 2. The summed E-state index contributed by atoms with van der Waals surface area (Å²) in [7, 11) is 0. The molecule has 2 atom stereocenters. The molecule has 3 nitrogen and oxygen atoms in total. The van der Waals surface area contributed by atoms with E-state index in [2.05, 4.69) is 5.32 Å². The number of amides is 1. The van der Waals surface area contributed by atoms with Crippen molar-refractivity contribution in [2.75, 3.05) is 0 Å². The summed E-state index contributed by atoms with van der Waals surface area (Å²) in [4.78, 5) is 25.9. The van der Waals surface area contributed by atoms with Crippen molar-refractivity contribution in [3.05, 3.63) is 81.9 Å². The maximum absolute atomic E-state index is 13.3. The molecule has 1 unspecified atom stereocenters. The van der Waals surface area contributed by atoms with Crippen LogP contribution in [-0.2, 0) is 23.6 Å². The van der Waals surface area contributed by atoms with Crippen LogP contribution in [-0.4, -0.2) is 31.2 Å². The van der Waals surface area contributed by atoms with E-state index < -0.39 is 53.0 Å². The number of allylic oxidation sites excluding steroid dienone is 1. The van der Waals surface area contributed by atoms with Gasteiger partial charge in [-0.2, -0.15) is 0 Å². The molecule has 1 aliphatic carbocycles. The zero-order valence-corrected chi connectivity index (χ0v) is 23.1. The molecule has 1 fully saturated rings. The molecule has 0 spiro atoms. The average molecular weight is 622 g/mol. The van der Waals surface area contributed by atoms with Crippen LogP contribution in [0.2, 0.25) is 15.4 Å². The molecular weight excluding hydrogens is 595 g/mol. The van der Waals surface area contributed by atoms with Gasteiger partial charge in [0.15, 0.2) is 0 Å². The molecule has 3 rings (SSSR count). The summed E-state index contributed by atoms with van der Waals surface area (Å²) in [5, 5.41) is 3.42. The quantitative estimate of drug-likeness (QED) is 0.185. The molecule has 38 heavy (non-hydrogen) atoms. The van der Waals surface area contributed by atoms with Gasteiger partial charge in [0.2, 0.25) is 0 Å². The molecule has 1 amide bonds. The molecule has 0 heterocycles. The fraction of sp³-hybridized carbons (Fsp3) is 0.407. The first-order chi connectivity index (χ1) is 17.7. The number of halogens is 7. The molecule has 2 aromatic carbocycles. The first-order valence-corrected chi connectivity index (χ1v) is 16.3. The first-order valence-electron chi connectivity index (χ1n) is 12.0. The van der Waals surface area contributed by atoms with Crippen molar-refractivity contribution >= 4 is 36.7 Å². The predicted octanol–water partition coefficient (Wildman–Crippen LogP) is 7.84. The van der Waals surface area contributed by atoms with Gasteiger partial charge >= 0.3 is 227 Å². The van der Waals surface area contributed by atoms with Gasteiger partial charge in [0, 0.05) is 0 Å². The molecule has 0 aliphatic heterocycles. The van der Waals surface area contributed by atoms with Gasteiger partial charge in [-0.05, 0) is 0 Å². The molecular formula is C27H27AsClF6NO2. The van der Waals surface area contributed by atoms with Gasteiger partial charge in [-0.1, -0.05) is 0 Å². The molecule has 0 aromatic heterocycles. The number of hydrogen-bond donors (Lipinski definition) is 1. The number of carbonyl (C=O) groups excluding carboxylic acids is 2. The number of nitrogens with one attached hydrogen (secondary N) is 1. The topological polar surface area (TPSA) is 46.2 Å². The van der Waals surface area contributed by atoms with Crippen molar-refractivity contribution in [1.82, 2.24) is 5.32 Å². The van der Waals surface area contributed by atoms with Crippen LogP contribution in [0.4, 0.5) is 26.3 Å². The molecule has 0 saturated heterocycles. The molecule has 11 heteroatoms. The van der Waals surface area contributed by atoms with E-state index in [1.165, 1.54) is 6.08 Å². The van der Waals surface area contributed by atoms with Crippen molar-refractivity contribution in [2.45, 2.75) is 67.3 Å². The van der Waals surface area contributed by atoms with Gasteiger partial charge in [-0.25, -0.2) is 0 Å². The van der Waals surface area contributed by atoms with Crippen LogP contribution in [0.3, 0.4) is 0 Å². The minimum absolute atomic E-state index is 0.00444. The summed E-state index contributed by atoms with van der Waals surface area (Å²) >= 11 is 3.11. The summed E-state index contributed by atoms with van der Waals surface area (Å²) in [5.74, 6) is -0.341. The Hall–Kier alpha value is -2.25. The third kappa shape index (κ3) is 8.63. The second-order valence-electron chi connectivity index (χ2n) is 9.31. The van der Waals surface area contributed by atoms with E-state index in [0.717, 1.165) is 37.7 Å². The number of alkyl halides is 6. The summed E-state index contributed by atoms with van der Waals surface area (Å²) in [6, 6.07) is 7.75. The Morgan fingerprint density at radius 3 is 2.05 bits per heavy atom. The third-order valence-electron chi connectivity index (χ3n) is 6.43. The average Bonchev–Trinajstić information content (AvgIpc) is 2.86. The Balaban J connectivity index is 1.90. The maximum atomic E-state index is 13.3. The van der Waals surface area contributed by atoms with E-state index in [9.17, 15) is 35.9 Å². The van der Waals surface area contributed by atoms with Crippen LogP contribution >= 0.6 is 11.6 Å².